The fourth-order valence-electron chi connectivity index (χ4n) is 3.10. The standard InChI is InChI=1S/C18H25N5O2/c1-14-3-2-4-15-17(14)21-13-23(18(15)25)9-5-16(24)20-8-12-22-10-6-19-7-11-22/h2-4,13,19H,5-12H2,1H3,(H,20,24). The van der Waals surface area contributed by atoms with Gasteiger partial charge in [0.1, 0.15) is 0 Å². The van der Waals surface area contributed by atoms with E-state index in [0.29, 0.717) is 18.5 Å². The monoisotopic (exact) mass is 343 g/mol. The molecule has 0 radical (unpaired) electrons. The van der Waals surface area contributed by atoms with Crippen molar-refractivity contribution in [2.24, 2.45) is 0 Å². The van der Waals surface area contributed by atoms with Gasteiger partial charge < -0.3 is 10.6 Å². The number of fused-ring (bicyclic) bond motifs is 1. The molecule has 0 spiro atoms. The fraction of sp³-hybridized carbons (Fsp3) is 0.500. The Kier molecular flexibility index (Phi) is 5.78. The number of nitrogens with one attached hydrogen (secondary N) is 2. The third kappa shape index (κ3) is 4.43. The van der Waals surface area contributed by atoms with Crippen LogP contribution < -0.4 is 16.2 Å². The smallest absolute Gasteiger partial charge is 0.261 e. The van der Waals surface area contributed by atoms with E-state index in [1.54, 1.807) is 6.07 Å². The molecule has 1 aliphatic rings. The van der Waals surface area contributed by atoms with Gasteiger partial charge in [-0.3, -0.25) is 19.1 Å². The summed E-state index contributed by atoms with van der Waals surface area (Å²) in [5.41, 5.74) is 1.61. The maximum Gasteiger partial charge on any atom is 0.261 e. The van der Waals surface area contributed by atoms with E-state index in [-0.39, 0.29) is 17.9 Å². The molecule has 0 atom stereocenters. The Morgan fingerprint density at radius 2 is 2.08 bits per heavy atom. The zero-order chi connectivity index (χ0) is 17.6. The Labute approximate surface area is 147 Å². The third-order valence-electron chi connectivity index (χ3n) is 4.59. The molecule has 1 amide bonds. The molecule has 1 saturated heterocycles. The van der Waals surface area contributed by atoms with Crippen LogP contribution in [0.1, 0.15) is 12.0 Å². The van der Waals surface area contributed by atoms with Gasteiger partial charge in [0.05, 0.1) is 17.2 Å². The number of aromatic nitrogens is 2. The van der Waals surface area contributed by atoms with E-state index in [9.17, 15) is 9.59 Å². The Hall–Kier alpha value is -2.25. The Morgan fingerprint density at radius 1 is 1.28 bits per heavy atom. The fourth-order valence-corrected chi connectivity index (χ4v) is 3.10. The maximum atomic E-state index is 12.5. The summed E-state index contributed by atoms with van der Waals surface area (Å²) in [5, 5.41) is 6.83. The predicted octanol–water partition coefficient (Wildman–Crippen LogP) is 0.116. The molecule has 25 heavy (non-hydrogen) atoms. The Balaban J connectivity index is 1.51. The molecule has 0 saturated carbocycles. The summed E-state index contributed by atoms with van der Waals surface area (Å²) in [4.78, 5) is 31.2. The SMILES string of the molecule is Cc1cccc2c(=O)n(CCC(=O)NCCN3CCNCC3)cnc12. The molecule has 2 N–H and O–H groups in total. The summed E-state index contributed by atoms with van der Waals surface area (Å²) >= 11 is 0. The number of para-hydroxylation sites is 1. The second kappa shape index (κ2) is 8.22. The largest absolute Gasteiger partial charge is 0.355 e. The summed E-state index contributed by atoms with van der Waals surface area (Å²) in [6.07, 6.45) is 1.81. The molecule has 2 aromatic rings. The lowest BCUT2D eigenvalue weighted by atomic mass is 10.1. The first-order valence-corrected chi connectivity index (χ1v) is 8.80. The molecule has 0 aliphatic carbocycles. The van der Waals surface area contributed by atoms with Gasteiger partial charge in [-0.05, 0) is 18.6 Å². The first kappa shape index (κ1) is 17.6. The normalized spacial score (nSPS) is 15.4. The number of benzene rings is 1. The van der Waals surface area contributed by atoms with Crippen molar-refractivity contribution in [3.05, 3.63) is 40.4 Å². The van der Waals surface area contributed by atoms with Crippen LogP contribution in [0.15, 0.2) is 29.3 Å². The van der Waals surface area contributed by atoms with E-state index < -0.39 is 0 Å². The van der Waals surface area contributed by atoms with Gasteiger partial charge >= 0.3 is 0 Å². The second-order valence-corrected chi connectivity index (χ2v) is 6.41. The molecule has 0 unspecified atom stereocenters. The molecule has 0 bridgehead atoms. The molecule has 134 valence electrons. The van der Waals surface area contributed by atoms with Crippen LogP contribution >= 0.6 is 0 Å². The minimum absolute atomic E-state index is 0.0358. The van der Waals surface area contributed by atoms with Crippen molar-refractivity contribution in [3.63, 3.8) is 0 Å². The highest BCUT2D eigenvalue weighted by molar-refractivity contribution is 5.80. The molecule has 1 aliphatic heterocycles. The van der Waals surface area contributed by atoms with Gasteiger partial charge in [-0.2, -0.15) is 0 Å². The average molecular weight is 343 g/mol. The first-order valence-electron chi connectivity index (χ1n) is 8.80. The van der Waals surface area contributed by atoms with Crippen LogP contribution in [0.3, 0.4) is 0 Å². The highest BCUT2D eigenvalue weighted by Gasteiger charge is 2.10. The molecule has 1 fully saturated rings. The number of piperazine rings is 1. The molecule has 3 rings (SSSR count). The number of nitrogens with zero attached hydrogens (tertiary/aromatic N) is 3. The van der Waals surface area contributed by atoms with Gasteiger partial charge in [-0.25, -0.2) is 4.98 Å². The molecule has 2 heterocycles. The molecule has 7 nitrogen and oxygen atoms in total. The van der Waals surface area contributed by atoms with Crippen LogP contribution in [-0.2, 0) is 11.3 Å². The minimum atomic E-state index is -0.0951. The van der Waals surface area contributed by atoms with Gasteiger partial charge in [0.25, 0.3) is 5.56 Å². The van der Waals surface area contributed by atoms with Gasteiger partial charge in [0.2, 0.25) is 5.91 Å². The predicted molar refractivity (Wildman–Crippen MR) is 97.7 cm³/mol. The van der Waals surface area contributed by atoms with E-state index in [0.717, 1.165) is 43.8 Å². The lowest BCUT2D eigenvalue weighted by molar-refractivity contribution is -0.121. The van der Waals surface area contributed by atoms with Crippen molar-refractivity contribution in [2.75, 3.05) is 39.3 Å². The number of amides is 1. The van der Waals surface area contributed by atoms with E-state index in [1.807, 2.05) is 19.1 Å². The van der Waals surface area contributed by atoms with Gasteiger partial charge in [0.15, 0.2) is 0 Å². The van der Waals surface area contributed by atoms with Gasteiger partial charge in [0, 0.05) is 52.2 Å². The number of hydrogen-bond donors (Lipinski definition) is 2. The molecule has 1 aromatic carbocycles. The lowest BCUT2D eigenvalue weighted by Crippen LogP contribution is -2.46. The summed E-state index contributed by atoms with van der Waals surface area (Å²) in [6.45, 7) is 7.84. The van der Waals surface area contributed by atoms with Gasteiger partial charge in [-0.1, -0.05) is 12.1 Å². The number of carbonyl (C=O) groups excluding carboxylic acids is 1. The van der Waals surface area contributed by atoms with Crippen LogP contribution in [0.5, 0.6) is 0 Å². The number of hydrogen-bond acceptors (Lipinski definition) is 5. The molecular formula is C18H25N5O2. The topological polar surface area (TPSA) is 79.3 Å². The van der Waals surface area contributed by atoms with Crippen LogP contribution in [0.25, 0.3) is 10.9 Å². The maximum absolute atomic E-state index is 12.5. The first-order chi connectivity index (χ1) is 12.1. The van der Waals surface area contributed by atoms with Crippen LogP contribution in [0.4, 0.5) is 0 Å². The quantitative estimate of drug-likeness (QED) is 0.779. The zero-order valence-corrected chi connectivity index (χ0v) is 14.6. The van der Waals surface area contributed by atoms with Crippen molar-refractivity contribution in [2.45, 2.75) is 19.9 Å². The third-order valence-corrected chi connectivity index (χ3v) is 4.59. The molecule has 1 aromatic heterocycles. The average Bonchev–Trinajstić information content (AvgIpc) is 2.63. The van der Waals surface area contributed by atoms with E-state index in [2.05, 4.69) is 20.5 Å². The number of aryl methyl sites for hydroxylation is 2. The summed E-state index contributed by atoms with van der Waals surface area (Å²) in [7, 11) is 0. The zero-order valence-electron chi connectivity index (χ0n) is 14.6. The van der Waals surface area contributed by atoms with Crippen molar-refractivity contribution in [1.29, 1.82) is 0 Å². The van der Waals surface area contributed by atoms with E-state index in [1.165, 1.54) is 10.9 Å². The van der Waals surface area contributed by atoms with Crippen molar-refractivity contribution >= 4 is 16.8 Å². The van der Waals surface area contributed by atoms with Crippen LogP contribution in [-0.4, -0.2) is 59.6 Å². The highest BCUT2D eigenvalue weighted by atomic mass is 16.1. The number of carbonyl (C=O) groups is 1. The number of rotatable bonds is 6. The second-order valence-electron chi connectivity index (χ2n) is 6.41. The van der Waals surface area contributed by atoms with Crippen LogP contribution in [0, 0.1) is 6.92 Å². The Bertz CT molecular complexity index is 796. The summed E-state index contributed by atoms with van der Waals surface area (Å²) in [6, 6.07) is 5.57. The molecular weight excluding hydrogens is 318 g/mol. The lowest BCUT2D eigenvalue weighted by Gasteiger charge is -2.27. The van der Waals surface area contributed by atoms with Crippen molar-refractivity contribution in [1.82, 2.24) is 25.1 Å². The minimum Gasteiger partial charge on any atom is -0.355 e. The van der Waals surface area contributed by atoms with E-state index in [4.69, 9.17) is 0 Å². The molecule has 7 heteroatoms. The van der Waals surface area contributed by atoms with Crippen molar-refractivity contribution in [3.8, 4) is 0 Å². The van der Waals surface area contributed by atoms with Crippen LogP contribution in [0.2, 0.25) is 0 Å². The summed E-state index contributed by atoms with van der Waals surface area (Å²) in [5.74, 6) is -0.0358. The van der Waals surface area contributed by atoms with E-state index >= 15 is 0 Å². The van der Waals surface area contributed by atoms with Gasteiger partial charge in [-0.15, -0.1) is 0 Å². The Morgan fingerprint density at radius 3 is 2.88 bits per heavy atom. The summed E-state index contributed by atoms with van der Waals surface area (Å²) < 4.78 is 1.51. The highest BCUT2D eigenvalue weighted by Crippen LogP contribution is 2.11. The van der Waals surface area contributed by atoms with Crippen molar-refractivity contribution < 1.29 is 4.79 Å².